The van der Waals surface area contributed by atoms with Crippen LogP contribution in [0.4, 0.5) is 0 Å². The Bertz CT molecular complexity index is 224. The molecule has 1 heterocycles. The van der Waals surface area contributed by atoms with Crippen LogP contribution in [0.1, 0.15) is 24.8 Å². The fourth-order valence-electron chi connectivity index (χ4n) is 1.61. The fourth-order valence-corrected chi connectivity index (χ4v) is 1.61. The zero-order valence-corrected chi connectivity index (χ0v) is 6.55. The molecule has 0 aromatic carbocycles. The van der Waals surface area contributed by atoms with Gasteiger partial charge in [0.2, 0.25) is 0 Å². The average Bonchev–Trinajstić information content (AvgIpc) is 2.36. The molecule has 0 unspecified atom stereocenters. The summed E-state index contributed by atoms with van der Waals surface area (Å²) in [6.45, 7) is 0. The number of hydrogen-bond donors (Lipinski definition) is 1. The Balaban J connectivity index is 2.00. The van der Waals surface area contributed by atoms with E-state index in [9.17, 15) is 0 Å². The van der Waals surface area contributed by atoms with Gasteiger partial charge in [0.05, 0.1) is 12.5 Å². The summed E-state index contributed by atoms with van der Waals surface area (Å²) in [5.74, 6) is 0. The molecular formula is C9H13NO. The summed E-state index contributed by atoms with van der Waals surface area (Å²) >= 11 is 0. The van der Waals surface area contributed by atoms with Gasteiger partial charge in [-0.25, -0.2) is 0 Å². The van der Waals surface area contributed by atoms with Gasteiger partial charge in [0, 0.05) is 5.54 Å². The summed E-state index contributed by atoms with van der Waals surface area (Å²) in [7, 11) is 0. The third kappa shape index (κ3) is 1.31. The van der Waals surface area contributed by atoms with Crippen LogP contribution in [0.5, 0.6) is 0 Å². The monoisotopic (exact) mass is 151 g/mol. The summed E-state index contributed by atoms with van der Waals surface area (Å²) in [6.07, 6.45) is 8.08. The summed E-state index contributed by atoms with van der Waals surface area (Å²) in [5, 5.41) is 0. The van der Waals surface area contributed by atoms with Crippen molar-refractivity contribution in [3.05, 3.63) is 24.2 Å². The van der Waals surface area contributed by atoms with Crippen molar-refractivity contribution in [1.29, 1.82) is 0 Å². The van der Waals surface area contributed by atoms with Crippen LogP contribution in [-0.2, 0) is 6.42 Å². The fraction of sp³-hybridized carbons (Fsp3) is 0.556. The van der Waals surface area contributed by atoms with Gasteiger partial charge in [-0.15, -0.1) is 0 Å². The van der Waals surface area contributed by atoms with E-state index in [4.69, 9.17) is 10.2 Å². The lowest BCUT2D eigenvalue weighted by molar-refractivity contribution is 0.247. The van der Waals surface area contributed by atoms with E-state index in [0.717, 1.165) is 19.3 Å². The Hall–Kier alpha value is -0.760. The van der Waals surface area contributed by atoms with Crippen LogP contribution in [0.3, 0.4) is 0 Å². The molecule has 1 aliphatic carbocycles. The predicted octanol–water partition coefficient (Wildman–Crippen LogP) is 1.70. The molecule has 2 nitrogen and oxygen atoms in total. The van der Waals surface area contributed by atoms with E-state index in [1.165, 1.54) is 12.0 Å². The number of hydrogen-bond acceptors (Lipinski definition) is 2. The normalized spacial score (nSPS) is 21.2. The van der Waals surface area contributed by atoms with Gasteiger partial charge in [-0.05, 0) is 37.3 Å². The molecule has 11 heavy (non-hydrogen) atoms. The third-order valence-electron chi connectivity index (χ3n) is 2.49. The molecule has 2 heteroatoms. The molecule has 1 saturated carbocycles. The molecule has 0 atom stereocenters. The molecule has 2 rings (SSSR count). The summed E-state index contributed by atoms with van der Waals surface area (Å²) < 4.78 is 4.97. The molecule has 0 bridgehead atoms. The van der Waals surface area contributed by atoms with E-state index in [1.807, 2.05) is 6.07 Å². The Morgan fingerprint density at radius 3 is 2.82 bits per heavy atom. The molecule has 0 radical (unpaired) electrons. The SMILES string of the molecule is NC1(Cc2ccoc2)CCC1. The zero-order valence-electron chi connectivity index (χ0n) is 6.55. The van der Waals surface area contributed by atoms with Crippen LogP contribution in [0.25, 0.3) is 0 Å². The van der Waals surface area contributed by atoms with Crippen LogP contribution in [0, 0.1) is 0 Å². The highest BCUT2D eigenvalue weighted by Crippen LogP contribution is 2.32. The van der Waals surface area contributed by atoms with Gasteiger partial charge in [-0.2, -0.15) is 0 Å². The topological polar surface area (TPSA) is 39.2 Å². The Labute approximate surface area is 66.4 Å². The number of nitrogens with two attached hydrogens (primary N) is 1. The second-order valence-electron chi connectivity index (χ2n) is 3.52. The minimum Gasteiger partial charge on any atom is -0.472 e. The van der Waals surface area contributed by atoms with Crippen LogP contribution in [-0.4, -0.2) is 5.54 Å². The summed E-state index contributed by atoms with van der Waals surface area (Å²) in [4.78, 5) is 0. The molecule has 0 spiro atoms. The van der Waals surface area contributed by atoms with Crippen LogP contribution >= 0.6 is 0 Å². The Kier molecular flexibility index (Phi) is 1.50. The van der Waals surface area contributed by atoms with Crippen molar-refractivity contribution in [3.8, 4) is 0 Å². The van der Waals surface area contributed by atoms with Gasteiger partial charge in [-0.1, -0.05) is 0 Å². The first kappa shape index (κ1) is 6.92. The molecule has 1 aliphatic rings. The highest BCUT2D eigenvalue weighted by Gasteiger charge is 2.32. The molecule has 0 saturated heterocycles. The van der Waals surface area contributed by atoms with Gasteiger partial charge >= 0.3 is 0 Å². The standard InChI is InChI=1S/C9H13NO/c10-9(3-1-4-9)6-8-2-5-11-7-8/h2,5,7H,1,3-4,6,10H2. The highest BCUT2D eigenvalue weighted by atomic mass is 16.3. The first-order valence-electron chi connectivity index (χ1n) is 4.08. The van der Waals surface area contributed by atoms with Crippen molar-refractivity contribution in [3.63, 3.8) is 0 Å². The van der Waals surface area contributed by atoms with Crippen molar-refractivity contribution in [2.24, 2.45) is 5.73 Å². The molecule has 2 N–H and O–H groups in total. The Morgan fingerprint density at radius 1 is 1.55 bits per heavy atom. The largest absolute Gasteiger partial charge is 0.472 e. The van der Waals surface area contributed by atoms with Gasteiger partial charge in [-0.3, -0.25) is 0 Å². The third-order valence-corrected chi connectivity index (χ3v) is 2.49. The average molecular weight is 151 g/mol. The Morgan fingerprint density at radius 2 is 2.36 bits per heavy atom. The van der Waals surface area contributed by atoms with Gasteiger partial charge < -0.3 is 10.2 Å². The van der Waals surface area contributed by atoms with Crippen LogP contribution in [0.2, 0.25) is 0 Å². The summed E-state index contributed by atoms with van der Waals surface area (Å²) in [6, 6.07) is 1.99. The lowest BCUT2D eigenvalue weighted by Gasteiger charge is -2.37. The minimum absolute atomic E-state index is 0.0872. The smallest absolute Gasteiger partial charge is 0.0935 e. The van der Waals surface area contributed by atoms with Crippen molar-refractivity contribution in [2.75, 3.05) is 0 Å². The highest BCUT2D eigenvalue weighted by molar-refractivity contribution is 5.12. The lowest BCUT2D eigenvalue weighted by Crippen LogP contribution is -2.48. The van der Waals surface area contributed by atoms with Gasteiger partial charge in [0.1, 0.15) is 0 Å². The molecule has 60 valence electrons. The first-order chi connectivity index (χ1) is 5.29. The van der Waals surface area contributed by atoms with Crippen molar-refractivity contribution in [2.45, 2.75) is 31.2 Å². The van der Waals surface area contributed by atoms with E-state index in [2.05, 4.69) is 0 Å². The molecule has 0 aliphatic heterocycles. The van der Waals surface area contributed by atoms with Gasteiger partial charge in [0.25, 0.3) is 0 Å². The van der Waals surface area contributed by atoms with E-state index in [0.29, 0.717) is 0 Å². The lowest BCUT2D eigenvalue weighted by atomic mass is 9.74. The van der Waals surface area contributed by atoms with Gasteiger partial charge in [0.15, 0.2) is 0 Å². The van der Waals surface area contributed by atoms with Crippen LogP contribution < -0.4 is 5.73 Å². The molecular weight excluding hydrogens is 138 g/mol. The molecule has 0 amide bonds. The molecule has 1 aromatic rings. The number of furan rings is 1. The second-order valence-corrected chi connectivity index (χ2v) is 3.52. The van der Waals surface area contributed by atoms with E-state index in [-0.39, 0.29) is 5.54 Å². The maximum atomic E-state index is 6.05. The predicted molar refractivity (Wildman–Crippen MR) is 43.2 cm³/mol. The quantitative estimate of drug-likeness (QED) is 0.698. The number of rotatable bonds is 2. The maximum Gasteiger partial charge on any atom is 0.0935 e. The van der Waals surface area contributed by atoms with E-state index < -0.39 is 0 Å². The van der Waals surface area contributed by atoms with Crippen molar-refractivity contribution in [1.82, 2.24) is 0 Å². The second kappa shape index (κ2) is 2.38. The van der Waals surface area contributed by atoms with Crippen molar-refractivity contribution >= 4 is 0 Å². The van der Waals surface area contributed by atoms with E-state index >= 15 is 0 Å². The summed E-state index contributed by atoms with van der Waals surface area (Å²) in [5.41, 5.74) is 7.37. The maximum absolute atomic E-state index is 6.05. The van der Waals surface area contributed by atoms with Crippen LogP contribution in [0.15, 0.2) is 23.0 Å². The van der Waals surface area contributed by atoms with E-state index in [1.54, 1.807) is 12.5 Å². The van der Waals surface area contributed by atoms with Crippen molar-refractivity contribution < 1.29 is 4.42 Å². The molecule has 1 fully saturated rings. The zero-order chi connectivity index (χ0) is 7.73. The minimum atomic E-state index is 0.0872. The first-order valence-corrected chi connectivity index (χ1v) is 4.08. The molecule has 1 aromatic heterocycles.